The van der Waals surface area contributed by atoms with Gasteiger partial charge in [0.15, 0.2) is 0 Å². The molecular weight excluding hydrogens is 134 g/mol. The van der Waals surface area contributed by atoms with Crippen LogP contribution in [0.25, 0.3) is 0 Å². The predicted molar refractivity (Wildman–Crippen MR) is 8.63 cm³/mol. The fourth-order valence-corrected chi connectivity index (χ4v) is 0. The van der Waals surface area contributed by atoms with Gasteiger partial charge in [0.05, 0.1) is 0 Å². The Kier molecular flexibility index (Phi) is 10.5. The molecule has 3 nitrogen and oxygen atoms in total. The Balaban J connectivity index is 0. The monoisotopic (exact) mass is 134 g/mol. The van der Waals surface area contributed by atoms with E-state index in [4.69, 9.17) is 9.26 Å². The molecule has 30 valence electrons. The molecule has 0 unspecified atom stereocenters. The number of rotatable bonds is 1. The van der Waals surface area contributed by atoms with Gasteiger partial charge in [-0.3, -0.25) is 0 Å². The second kappa shape index (κ2) is 6.18. The van der Waals surface area contributed by atoms with Gasteiger partial charge in [0.25, 0.3) is 0 Å². The molecule has 0 fully saturated rings. The zero-order valence-corrected chi connectivity index (χ0v) is 7.23. The Morgan fingerprint density at radius 3 is 2.00 bits per heavy atom. The second-order valence-corrected chi connectivity index (χ2v) is 0.981. The third-order valence-electron chi connectivity index (χ3n) is 0.0630. The molecule has 0 aliphatic rings. The second-order valence-electron chi connectivity index (χ2n) is 0.327. The first-order valence-electron chi connectivity index (χ1n) is 0.767. The fourth-order valence-electron chi connectivity index (χ4n) is 0. The summed E-state index contributed by atoms with van der Waals surface area (Å²) in [5, 5.41) is 0. The molecule has 0 aliphatic heterocycles. The molecule has 0 saturated carbocycles. The van der Waals surface area contributed by atoms with Crippen LogP contribution in [0.1, 0.15) is 0 Å². The van der Waals surface area contributed by atoms with Crippen LogP contribution in [-0.2, 0) is 9.09 Å². The van der Waals surface area contributed by atoms with E-state index in [-0.39, 0.29) is 51.4 Å². The van der Waals surface area contributed by atoms with Crippen LogP contribution in [0, 0.1) is 0 Å². The Bertz CT molecular complexity index is 46.1. The van der Waals surface area contributed by atoms with E-state index in [9.17, 15) is 4.53 Å². The largest absolute Gasteiger partial charge is 1.00 e. The molecule has 0 aliphatic carbocycles. The maximum atomic E-state index is 10.0. The summed E-state index contributed by atoms with van der Waals surface area (Å²) < 4.78 is 21.1. The molecule has 6 heteroatoms. The first kappa shape index (κ1) is 10.2. The first-order valence-corrected chi connectivity index (χ1v) is 1.99. The van der Waals surface area contributed by atoms with Crippen LogP contribution in [0.2, 0.25) is 0 Å². The van der Waals surface area contributed by atoms with Crippen molar-refractivity contribution in [2.75, 3.05) is 0 Å². The van der Waals surface area contributed by atoms with Crippen LogP contribution in [0.15, 0.2) is 0 Å². The van der Waals surface area contributed by atoms with Gasteiger partial charge in [0.2, 0.25) is 0 Å². The van der Waals surface area contributed by atoms with Crippen LogP contribution < -0.4 is 56.2 Å². The van der Waals surface area contributed by atoms with Crippen LogP contribution >= 0.6 is 0 Å². The smallest absolute Gasteiger partial charge is 0.478 e. The van der Waals surface area contributed by atoms with Crippen LogP contribution in [-0.4, -0.2) is 9.17 Å². The van der Waals surface area contributed by atoms with Crippen LogP contribution in [0.5, 0.6) is 0 Å². The summed E-state index contributed by atoms with van der Waals surface area (Å²) in [6.07, 6.45) is 0. The summed E-state index contributed by atoms with van der Waals surface area (Å²) >= 11 is 0. The molecule has 0 saturated heterocycles. The Labute approximate surface area is 77.7 Å². The summed E-state index contributed by atoms with van der Waals surface area (Å²) in [4.78, 5) is 8.84. The van der Waals surface area contributed by atoms with Gasteiger partial charge < -0.3 is 13.9 Å². The maximum absolute atomic E-state index is 10.0. The van der Waals surface area contributed by atoms with Gasteiger partial charge in [-0.25, -0.2) is 0 Å². The summed E-state index contributed by atoms with van der Waals surface area (Å²) in [6, 6.07) is 0. The SMILES string of the molecule is O=[Si]([O-])OF.[K+]. The summed E-state index contributed by atoms with van der Waals surface area (Å²) in [5.41, 5.74) is 0. The Morgan fingerprint density at radius 1 is 1.83 bits per heavy atom. The van der Waals surface area contributed by atoms with Gasteiger partial charge in [0, 0.05) is 0 Å². The number of hydrogen-bond donors (Lipinski definition) is 0. The predicted octanol–water partition coefficient (Wildman–Crippen LogP) is -4.33. The molecule has 0 radical (unpaired) electrons. The van der Waals surface area contributed by atoms with E-state index in [1.54, 1.807) is 0 Å². The van der Waals surface area contributed by atoms with Crippen molar-refractivity contribution in [3.05, 3.63) is 0 Å². The molecule has 0 aromatic carbocycles. The minimum atomic E-state index is -3.54. The standard InChI is InChI=1S/FO3Si.K/c1-4-5(2)3;/q-1;+1. The molecule has 0 aromatic rings. The van der Waals surface area contributed by atoms with Gasteiger partial charge in [-0.05, 0) is 0 Å². The normalized spacial score (nSPS) is 5.50. The number of halogens is 1. The summed E-state index contributed by atoms with van der Waals surface area (Å²) in [5.74, 6) is 0. The summed E-state index contributed by atoms with van der Waals surface area (Å²) in [6.45, 7) is 0. The third-order valence-corrected chi connectivity index (χ3v) is 0.189. The van der Waals surface area contributed by atoms with Crippen molar-refractivity contribution in [1.82, 2.24) is 0 Å². The van der Waals surface area contributed by atoms with E-state index in [1.165, 1.54) is 0 Å². The van der Waals surface area contributed by atoms with E-state index in [0.29, 0.717) is 0 Å². The number of hydrogen-bond acceptors (Lipinski definition) is 3. The van der Waals surface area contributed by atoms with E-state index >= 15 is 0 Å². The average Bonchev–Trinajstić information content (AvgIpc) is 1.38. The molecule has 0 aromatic heterocycles. The van der Waals surface area contributed by atoms with Crippen molar-refractivity contribution in [3.8, 4) is 0 Å². The molecule has 0 rings (SSSR count). The molecule has 0 spiro atoms. The van der Waals surface area contributed by atoms with Crippen molar-refractivity contribution in [2.24, 2.45) is 0 Å². The quantitative estimate of drug-likeness (QED) is 0.341. The van der Waals surface area contributed by atoms with E-state index in [1.807, 2.05) is 0 Å². The van der Waals surface area contributed by atoms with Crippen molar-refractivity contribution in [3.63, 3.8) is 0 Å². The minimum absolute atomic E-state index is 0. The molecule has 0 amide bonds. The van der Waals surface area contributed by atoms with Gasteiger partial charge >= 0.3 is 60.6 Å². The molecule has 0 bridgehead atoms. The maximum Gasteiger partial charge on any atom is 1.00 e. The molecule has 0 heterocycles. The third kappa shape index (κ3) is 8.95. The van der Waals surface area contributed by atoms with Crippen molar-refractivity contribution < 1.29 is 69.8 Å². The average molecular weight is 134 g/mol. The topological polar surface area (TPSA) is 49.4 Å². The Morgan fingerprint density at radius 2 is 2.00 bits per heavy atom. The van der Waals surface area contributed by atoms with Gasteiger partial charge in [-0.2, -0.15) is 0 Å². The van der Waals surface area contributed by atoms with Crippen LogP contribution in [0.3, 0.4) is 0 Å². The van der Waals surface area contributed by atoms with Gasteiger partial charge in [-0.1, -0.05) is 4.53 Å². The van der Waals surface area contributed by atoms with Crippen molar-refractivity contribution in [1.29, 1.82) is 0 Å². The zero-order valence-electron chi connectivity index (χ0n) is 3.10. The molecule has 0 atom stereocenters. The summed E-state index contributed by atoms with van der Waals surface area (Å²) in [7, 11) is -3.54. The van der Waals surface area contributed by atoms with Gasteiger partial charge in [0.1, 0.15) is 0 Å². The molecule has 6 heavy (non-hydrogen) atoms. The van der Waals surface area contributed by atoms with Crippen LogP contribution in [0.4, 0.5) is 4.53 Å². The van der Waals surface area contributed by atoms with Crippen molar-refractivity contribution in [2.45, 2.75) is 0 Å². The van der Waals surface area contributed by atoms with E-state index in [0.717, 1.165) is 0 Å². The molecular formula is FKO3Si. The Hall–Kier alpha value is 1.18. The molecule has 0 N–H and O–H groups in total. The zero-order chi connectivity index (χ0) is 4.28. The van der Waals surface area contributed by atoms with E-state index < -0.39 is 9.17 Å². The van der Waals surface area contributed by atoms with Gasteiger partial charge in [-0.15, -0.1) is 0 Å². The first-order chi connectivity index (χ1) is 2.27. The van der Waals surface area contributed by atoms with Crippen molar-refractivity contribution >= 4 is 9.17 Å². The van der Waals surface area contributed by atoms with E-state index in [2.05, 4.69) is 4.63 Å². The fraction of sp³-hybridized carbons (Fsp3) is 0. The minimum Gasteiger partial charge on any atom is -0.478 e.